The van der Waals surface area contributed by atoms with E-state index in [1.165, 1.54) is 18.2 Å². The molecule has 6 nitrogen and oxygen atoms in total. The van der Waals surface area contributed by atoms with Crippen molar-refractivity contribution < 1.29 is 13.3 Å². The van der Waals surface area contributed by atoms with Crippen molar-refractivity contribution in [3.63, 3.8) is 0 Å². The molecule has 0 fully saturated rings. The first-order valence-corrected chi connectivity index (χ1v) is 8.66. The van der Waals surface area contributed by atoms with Crippen LogP contribution in [-0.2, 0) is 10.0 Å². The van der Waals surface area contributed by atoms with Gasteiger partial charge in [-0.15, -0.1) is 0 Å². The van der Waals surface area contributed by atoms with Gasteiger partial charge in [-0.1, -0.05) is 29.3 Å². The molecule has 0 spiro atoms. The molecule has 0 unspecified atom stereocenters. The predicted molar refractivity (Wildman–Crippen MR) is 88.3 cm³/mol. The molecule has 23 heavy (non-hydrogen) atoms. The highest BCUT2D eigenvalue weighted by Gasteiger charge is 2.20. The molecule has 122 valence electrons. The van der Waals surface area contributed by atoms with Crippen molar-refractivity contribution >= 4 is 38.9 Å². The van der Waals surface area contributed by atoms with Crippen molar-refractivity contribution in [3.05, 3.63) is 68.2 Å². The maximum Gasteiger partial charge on any atom is 0.269 e. The second-order valence-electron chi connectivity index (χ2n) is 4.76. The van der Waals surface area contributed by atoms with E-state index < -0.39 is 21.0 Å². The first kappa shape index (κ1) is 17.7. The number of nitro groups is 1. The quantitative estimate of drug-likeness (QED) is 0.633. The van der Waals surface area contributed by atoms with Crippen molar-refractivity contribution in [2.24, 2.45) is 0 Å². The number of nitrogens with zero attached hydrogens (tertiary/aromatic N) is 1. The zero-order valence-corrected chi connectivity index (χ0v) is 14.2. The number of nitro benzene ring substituents is 1. The Morgan fingerprint density at radius 2 is 1.74 bits per heavy atom. The molecule has 0 aliphatic rings. The topological polar surface area (TPSA) is 89.3 Å². The molecule has 0 aliphatic carbocycles. The normalized spacial score (nSPS) is 12.8. The van der Waals surface area contributed by atoms with Gasteiger partial charge in [-0.25, -0.2) is 13.1 Å². The molecule has 0 radical (unpaired) electrons. The maximum atomic E-state index is 12.3. The fourth-order valence-electron chi connectivity index (χ4n) is 1.96. The average molecular weight is 375 g/mol. The fraction of sp³-hybridized carbons (Fsp3) is 0.143. The van der Waals surface area contributed by atoms with E-state index in [1.54, 1.807) is 19.1 Å². The van der Waals surface area contributed by atoms with Gasteiger partial charge in [0.25, 0.3) is 5.69 Å². The summed E-state index contributed by atoms with van der Waals surface area (Å²) in [4.78, 5) is 9.94. The lowest BCUT2D eigenvalue weighted by atomic mass is 10.1. The summed E-state index contributed by atoms with van der Waals surface area (Å²) in [6.45, 7) is 1.64. The highest BCUT2D eigenvalue weighted by Crippen LogP contribution is 2.27. The van der Waals surface area contributed by atoms with Crippen LogP contribution >= 0.6 is 23.2 Å². The molecule has 0 amide bonds. The summed E-state index contributed by atoms with van der Waals surface area (Å²) in [6.07, 6.45) is 0. The summed E-state index contributed by atoms with van der Waals surface area (Å²) in [5.74, 6) is 0. The SMILES string of the molecule is C[C@@H](NS(=O)(=O)c1ccc([N+](=O)[O-])cc1)c1ccc(Cl)cc1Cl. The third-order valence-corrected chi connectivity index (χ3v) is 5.24. The van der Waals surface area contributed by atoms with Crippen LogP contribution in [0.5, 0.6) is 0 Å². The monoisotopic (exact) mass is 374 g/mol. The molecule has 0 saturated carbocycles. The number of nitrogens with one attached hydrogen (secondary N) is 1. The smallest absolute Gasteiger partial charge is 0.258 e. The van der Waals surface area contributed by atoms with Crippen molar-refractivity contribution in [1.29, 1.82) is 0 Å². The van der Waals surface area contributed by atoms with Gasteiger partial charge in [0.2, 0.25) is 10.0 Å². The molecule has 0 aromatic heterocycles. The third-order valence-electron chi connectivity index (χ3n) is 3.12. The van der Waals surface area contributed by atoms with Gasteiger partial charge in [-0.2, -0.15) is 0 Å². The number of non-ortho nitro benzene ring substituents is 1. The lowest BCUT2D eigenvalue weighted by Gasteiger charge is -2.16. The minimum Gasteiger partial charge on any atom is -0.258 e. The Morgan fingerprint density at radius 3 is 2.26 bits per heavy atom. The zero-order valence-electron chi connectivity index (χ0n) is 11.9. The lowest BCUT2D eigenvalue weighted by molar-refractivity contribution is -0.384. The van der Waals surface area contributed by atoms with Crippen LogP contribution in [0.15, 0.2) is 47.4 Å². The molecule has 0 heterocycles. The Bertz CT molecular complexity index is 838. The van der Waals surface area contributed by atoms with Crippen LogP contribution in [0.25, 0.3) is 0 Å². The number of hydrogen-bond donors (Lipinski definition) is 1. The van der Waals surface area contributed by atoms with Crippen LogP contribution in [0, 0.1) is 10.1 Å². The molecule has 9 heteroatoms. The van der Waals surface area contributed by atoms with E-state index >= 15 is 0 Å². The van der Waals surface area contributed by atoms with Gasteiger partial charge in [0.1, 0.15) is 0 Å². The van der Waals surface area contributed by atoms with Gasteiger partial charge < -0.3 is 0 Å². The molecular weight excluding hydrogens is 363 g/mol. The molecule has 0 saturated heterocycles. The predicted octanol–water partition coefficient (Wildman–Crippen LogP) is 3.94. The first-order chi connectivity index (χ1) is 10.7. The van der Waals surface area contributed by atoms with Gasteiger partial charge in [-0.3, -0.25) is 10.1 Å². The number of hydrogen-bond acceptors (Lipinski definition) is 4. The minimum absolute atomic E-state index is 0.0694. The fourth-order valence-corrected chi connectivity index (χ4v) is 3.76. The second-order valence-corrected chi connectivity index (χ2v) is 7.32. The van der Waals surface area contributed by atoms with Crippen molar-refractivity contribution in [3.8, 4) is 0 Å². The van der Waals surface area contributed by atoms with E-state index in [2.05, 4.69) is 4.72 Å². The molecule has 0 aliphatic heterocycles. The van der Waals surface area contributed by atoms with Gasteiger partial charge in [0.05, 0.1) is 9.82 Å². The Morgan fingerprint density at radius 1 is 1.13 bits per heavy atom. The first-order valence-electron chi connectivity index (χ1n) is 6.42. The van der Waals surface area contributed by atoms with Crippen LogP contribution in [0.1, 0.15) is 18.5 Å². The molecule has 2 aromatic rings. The third kappa shape index (κ3) is 4.20. The summed E-state index contributed by atoms with van der Waals surface area (Å²) < 4.78 is 27.1. The summed E-state index contributed by atoms with van der Waals surface area (Å²) in [5.41, 5.74) is 0.388. The number of rotatable bonds is 5. The Hall–Kier alpha value is -1.67. The van der Waals surface area contributed by atoms with E-state index in [0.717, 1.165) is 12.1 Å². The van der Waals surface area contributed by atoms with Crippen molar-refractivity contribution in [2.45, 2.75) is 17.9 Å². The van der Waals surface area contributed by atoms with Gasteiger partial charge in [0.15, 0.2) is 0 Å². The van der Waals surface area contributed by atoms with Crippen molar-refractivity contribution in [1.82, 2.24) is 4.72 Å². The van der Waals surface area contributed by atoms with Gasteiger partial charge in [-0.05, 0) is 36.8 Å². The highest BCUT2D eigenvalue weighted by atomic mass is 35.5. The van der Waals surface area contributed by atoms with E-state index in [9.17, 15) is 18.5 Å². The Labute approximate surface area is 143 Å². The number of benzene rings is 2. The summed E-state index contributed by atoms with van der Waals surface area (Å²) >= 11 is 11.9. The molecule has 1 N–H and O–H groups in total. The van der Waals surface area contributed by atoms with Crippen LogP contribution in [0.3, 0.4) is 0 Å². The van der Waals surface area contributed by atoms with E-state index in [4.69, 9.17) is 23.2 Å². The summed E-state index contributed by atoms with van der Waals surface area (Å²) in [6, 6.07) is 8.79. The second kappa shape index (κ2) is 6.84. The standard InChI is InChI=1S/C14H12Cl2N2O4S/c1-9(13-7-2-10(15)8-14(13)16)17-23(21,22)12-5-3-11(4-6-12)18(19)20/h2-9,17H,1H3/t9-/m1/s1. The van der Waals surface area contributed by atoms with Crippen LogP contribution in [0.4, 0.5) is 5.69 Å². The van der Waals surface area contributed by atoms with E-state index in [0.29, 0.717) is 15.6 Å². The molecule has 0 bridgehead atoms. The van der Waals surface area contributed by atoms with Gasteiger partial charge >= 0.3 is 0 Å². The molecular formula is C14H12Cl2N2O4S. The number of halogens is 2. The minimum atomic E-state index is -3.84. The highest BCUT2D eigenvalue weighted by molar-refractivity contribution is 7.89. The zero-order chi connectivity index (χ0) is 17.2. The molecule has 2 aromatic carbocycles. The maximum absolute atomic E-state index is 12.3. The summed E-state index contributed by atoms with van der Waals surface area (Å²) in [7, 11) is -3.84. The van der Waals surface area contributed by atoms with Crippen LogP contribution in [-0.4, -0.2) is 13.3 Å². The Balaban J connectivity index is 2.24. The Kier molecular flexibility index (Phi) is 5.26. The largest absolute Gasteiger partial charge is 0.269 e. The molecule has 1 atom stereocenters. The average Bonchev–Trinajstić information content (AvgIpc) is 2.46. The van der Waals surface area contributed by atoms with Crippen LogP contribution < -0.4 is 4.72 Å². The lowest BCUT2D eigenvalue weighted by Crippen LogP contribution is -2.27. The summed E-state index contributed by atoms with van der Waals surface area (Å²) in [5, 5.41) is 11.4. The van der Waals surface area contributed by atoms with Gasteiger partial charge in [0, 0.05) is 28.2 Å². The van der Waals surface area contributed by atoms with E-state index in [-0.39, 0.29) is 10.6 Å². The number of sulfonamides is 1. The molecule has 2 rings (SSSR count). The van der Waals surface area contributed by atoms with E-state index in [1.807, 2.05) is 0 Å². The van der Waals surface area contributed by atoms with Crippen molar-refractivity contribution in [2.75, 3.05) is 0 Å². The van der Waals surface area contributed by atoms with Crippen LogP contribution in [0.2, 0.25) is 10.0 Å².